The smallest absolute Gasteiger partial charge is 0.306 e. The van der Waals surface area contributed by atoms with Gasteiger partial charge in [-0.05, 0) is 38.5 Å². The van der Waals surface area contributed by atoms with E-state index < -0.39 is 15.6 Å². The van der Waals surface area contributed by atoms with Crippen LogP contribution in [0.5, 0.6) is 0 Å². The molecule has 0 spiro atoms. The summed E-state index contributed by atoms with van der Waals surface area (Å²) in [6.45, 7) is 5.55. The molecule has 0 radical (unpaired) electrons. The van der Waals surface area contributed by atoms with E-state index in [1.54, 1.807) is 6.07 Å². The first-order valence-corrected chi connectivity index (χ1v) is 7.48. The molecule has 0 atom stereocenters. The first-order chi connectivity index (χ1) is 8.73. The molecule has 1 aromatic heterocycles. The molecule has 0 bridgehead atoms. The Morgan fingerprint density at radius 2 is 1.85 bits per heavy atom. The topological polar surface area (TPSA) is 94.8 Å². The Bertz CT molecular complexity index is 771. The summed E-state index contributed by atoms with van der Waals surface area (Å²) < 4.78 is 27.1. The van der Waals surface area contributed by atoms with Crippen LogP contribution in [0.15, 0.2) is 27.9 Å². The molecule has 0 saturated carbocycles. The van der Waals surface area contributed by atoms with Gasteiger partial charge in [-0.2, -0.15) is 0 Å². The van der Waals surface area contributed by atoms with Gasteiger partial charge < -0.3 is 9.97 Å². The van der Waals surface area contributed by atoms with Crippen LogP contribution in [-0.4, -0.2) is 23.9 Å². The van der Waals surface area contributed by atoms with E-state index in [4.69, 9.17) is 0 Å². The predicted molar refractivity (Wildman–Crippen MR) is 77.8 cm³/mol. The third-order valence-corrected chi connectivity index (χ3v) is 4.79. The van der Waals surface area contributed by atoms with Crippen LogP contribution in [0.2, 0.25) is 0 Å². The van der Waals surface area contributed by atoms with E-state index in [1.807, 2.05) is 20.8 Å². The Labute approximate surface area is 150 Å². The van der Waals surface area contributed by atoms with E-state index in [2.05, 4.69) is 14.7 Å². The number of hydrogen-bond donors (Lipinski definition) is 3. The van der Waals surface area contributed by atoms with E-state index in [9.17, 15) is 13.2 Å². The monoisotopic (exact) mass is 327 g/mol. The maximum atomic E-state index is 12.2. The average molecular weight is 327 g/mol. The molecule has 6 nitrogen and oxygen atoms in total. The molecule has 0 aliphatic carbocycles. The van der Waals surface area contributed by atoms with Crippen LogP contribution in [0.3, 0.4) is 0 Å². The van der Waals surface area contributed by atoms with E-state index in [0.29, 0.717) is 17.5 Å². The fourth-order valence-electron chi connectivity index (χ4n) is 1.67. The fourth-order valence-corrected chi connectivity index (χ4v) is 3.18. The summed E-state index contributed by atoms with van der Waals surface area (Å²) in [4.78, 5) is 16.4. The summed E-state index contributed by atoms with van der Waals surface area (Å²) in [6, 6.07) is 4.49. The second kappa shape index (κ2) is 6.19. The molecule has 2 rings (SSSR count). The second-order valence-electron chi connectivity index (χ2n) is 5.13. The van der Waals surface area contributed by atoms with Crippen molar-refractivity contribution < 1.29 is 49.0 Å². The maximum Gasteiger partial charge on any atom is 0.323 e. The van der Waals surface area contributed by atoms with Gasteiger partial charge in [-0.25, -0.2) is 17.9 Å². The number of hydrogen-bond acceptors (Lipinski definition) is 3. The zero-order valence-corrected chi connectivity index (χ0v) is 12.9. The van der Waals surface area contributed by atoms with Gasteiger partial charge in [0.25, 0.3) is 0 Å². The zero-order chi connectivity index (χ0) is 14.3. The van der Waals surface area contributed by atoms with Gasteiger partial charge in [0, 0.05) is 46.1 Å². The molecule has 8 heteroatoms. The average Bonchev–Trinajstić information content (AvgIpc) is 2.66. The first kappa shape index (κ1) is 17.7. The molecule has 20 heavy (non-hydrogen) atoms. The van der Waals surface area contributed by atoms with Crippen molar-refractivity contribution in [3.63, 3.8) is 0 Å². The molecule has 0 aliphatic rings. The molecule has 2 aromatic rings. The van der Waals surface area contributed by atoms with Crippen molar-refractivity contribution in [3.8, 4) is 0 Å². The van der Waals surface area contributed by atoms with Gasteiger partial charge in [-0.1, -0.05) is 6.92 Å². The summed E-state index contributed by atoms with van der Waals surface area (Å²) in [5.41, 5.74) is 0.187. The van der Waals surface area contributed by atoms with Crippen LogP contribution in [0, 0.1) is 37.7 Å². The Morgan fingerprint density at radius 1 is 1.25 bits per heavy atom. The summed E-state index contributed by atoms with van der Waals surface area (Å²) in [5.74, 6) is 0. The molecule has 1 aromatic carbocycles. The maximum absolute atomic E-state index is 12.2. The normalized spacial score (nSPS) is 12.3. The molecule has 3 N–H and O–H groups in total. The zero-order valence-electron chi connectivity index (χ0n) is 11.4. The summed E-state index contributed by atoms with van der Waals surface area (Å²) >= 11 is 0. The van der Waals surface area contributed by atoms with Crippen molar-refractivity contribution in [1.82, 2.24) is 14.7 Å². The molecule has 116 valence electrons. The van der Waals surface area contributed by atoms with E-state index in [-0.39, 0.29) is 51.2 Å². The van der Waals surface area contributed by atoms with E-state index >= 15 is 0 Å². The van der Waals surface area contributed by atoms with Crippen LogP contribution in [0.4, 0.5) is 0 Å². The molecule has 0 unspecified atom stereocenters. The molecular weight excluding hydrogens is 306 g/mol. The van der Waals surface area contributed by atoms with Gasteiger partial charge in [0.1, 0.15) is 0 Å². The minimum atomic E-state index is -3.60. The largest absolute Gasteiger partial charge is 0.323 e. The van der Waals surface area contributed by atoms with Gasteiger partial charge in [-0.15, -0.1) is 0 Å². The van der Waals surface area contributed by atoms with Crippen LogP contribution in [-0.2, 0) is 10.0 Å². The molecule has 0 aliphatic heterocycles. The fraction of sp³-hybridized carbons (Fsp3) is 0.417. The van der Waals surface area contributed by atoms with Crippen molar-refractivity contribution in [3.05, 3.63) is 28.7 Å². The Morgan fingerprint density at radius 3 is 2.45 bits per heavy atom. The van der Waals surface area contributed by atoms with Gasteiger partial charge in [0.2, 0.25) is 10.0 Å². The molecular formula is C12H21ArN3O3S. The first-order valence-electron chi connectivity index (χ1n) is 5.99. The predicted octanol–water partition coefficient (Wildman–Crippen LogP) is 1.82. The Balaban J connectivity index is 0. The van der Waals surface area contributed by atoms with Gasteiger partial charge in [0.15, 0.2) is 0 Å². The number of fused-ring (bicyclic) bond motifs is 1. The Kier molecular flexibility index (Phi) is 5.48. The van der Waals surface area contributed by atoms with Gasteiger partial charge in [0.05, 0.1) is 15.9 Å². The quantitative estimate of drug-likeness (QED) is 0.799. The van der Waals surface area contributed by atoms with Gasteiger partial charge in [-0.3, -0.25) is 0 Å². The van der Waals surface area contributed by atoms with Crippen molar-refractivity contribution in [2.45, 2.75) is 37.6 Å². The molecule has 0 amide bonds. The van der Waals surface area contributed by atoms with Crippen LogP contribution < -0.4 is 10.4 Å². The third kappa shape index (κ3) is 3.85. The Hall–Kier alpha value is -0.340. The van der Waals surface area contributed by atoms with Crippen LogP contribution in [0.1, 0.15) is 30.0 Å². The number of benzene rings is 1. The number of aromatic nitrogens is 2. The number of imidazole rings is 1. The van der Waals surface area contributed by atoms with E-state index in [1.165, 1.54) is 12.1 Å². The van der Waals surface area contributed by atoms with Crippen LogP contribution in [0.25, 0.3) is 11.0 Å². The SMILES string of the molecule is CCC(C)(C)NS(=O)(=O)c1ccc2[nH]c(=O)[nH]c2c1.[Ar].[HH].[HH]. The van der Waals surface area contributed by atoms with Crippen molar-refractivity contribution in [2.75, 3.05) is 0 Å². The molecule has 0 fully saturated rings. The summed E-state index contributed by atoms with van der Waals surface area (Å²) in [6.07, 6.45) is 0.676. The molecule has 0 saturated heterocycles. The van der Waals surface area contributed by atoms with Gasteiger partial charge >= 0.3 is 5.69 Å². The minimum absolute atomic E-state index is 0. The summed E-state index contributed by atoms with van der Waals surface area (Å²) in [5, 5.41) is 0. The number of aromatic amines is 2. The third-order valence-electron chi connectivity index (χ3n) is 3.09. The van der Waals surface area contributed by atoms with Crippen molar-refractivity contribution in [2.24, 2.45) is 0 Å². The number of sulfonamides is 1. The van der Waals surface area contributed by atoms with Crippen molar-refractivity contribution in [1.29, 1.82) is 0 Å². The number of nitrogens with one attached hydrogen (secondary N) is 3. The summed E-state index contributed by atoms with van der Waals surface area (Å²) in [7, 11) is -3.60. The van der Waals surface area contributed by atoms with Crippen molar-refractivity contribution >= 4 is 21.1 Å². The number of rotatable bonds is 4. The van der Waals surface area contributed by atoms with Crippen LogP contribution >= 0.6 is 0 Å². The second-order valence-corrected chi connectivity index (χ2v) is 6.81. The molecule has 1 heterocycles. The number of H-pyrrole nitrogens is 2. The minimum Gasteiger partial charge on any atom is -0.306 e. The standard InChI is InChI=1S/C12H17N3O3S.Ar.2H2/c1-4-12(2,3)15-19(17,18)8-5-6-9-10(7-8)14-11(16)13-9;;;/h5-7,15H,4H2,1-3H3,(H2,13,14,16);;2*1H. The van der Waals surface area contributed by atoms with E-state index in [0.717, 1.165) is 0 Å².